The fraction of sp³-hybridized carbons (Fsp3) is 0. The van der Waals surface area contributed by atoms with Crippen molar-refractivity contribution < 1.29 is 0 Å². The Bertz CT molecular complexity index is 3720. The monoisotopic (exact) mass is 831 g/mol. The second-order valence-corrected chi connectivity index (χ2v) is 20.7. The number of nitrogens with zero attached hydrogens (tertiary/aromatic N) is 3. The first-order valence-corrected chi connectivity index (χ1v) is 24.1. The molecule has 300 valence electrons. The highest BCUT2D eigenvalue weighted by molar-refractivity contribution is 7.19. The molecule has 0 saturated heterocycles. The third kappa shape index (κ3) is 5.33. The van der Waals surface area contributed by atoms with Gasteiger partial charge in [0.2, 0.25) is 0 Å². The molecular weight excluding hydrogens is 791 g/mol. The highest BCUT2D eigenvalue weighted by atomic mass is 28.3. The largest absolute Gasteiger partial charge is 0.310 e. The molecule has 0 saturated carbocycles. The Labute approximate surface area is 372 Å². The number of fused-ring (bicyclic) bond motifs is 9. The van der Waals surface area contributed by atoms with Crippen molar-refractivity contribution in [2.45, 2.75) is 0 Å². The summed E-state index contributed by atoms with van der Waals surface area (Å²) in [7, 11) is -2.73. The zero-order valence-corrected chi connectivity index (χ0v) is 36.0. The molecule has 0 aliphatic carbocycles. The van der Waals surface area contributed by atoms with Crippen LogP contribution in [0.3, 0.4) is 0 Å². The molecule has 0 N–H and O–H groups in total. The number of benzene rings is 10. The lowest BCUT2D eigenvalue weighted by Crippen LogP contribution is -2.74. The molecule has 0 aliphatic heterocycles. The minimum atomic E-state index is -2.73. The van der Waals surface area contributed by atoms with Crippen LogP contribution in [0.1, 0.15) is 0 Å². The summed E-state index contributed by atoms with van der Waals surface area (Å²) in [6, 6.07) is 92.2. The lowest BCUT2D eigenvalue weighted by atomic mass is 10.1. The predicted octanol–water partition coefficient (Wildman–Crippen LogP) is 12.8. The molecule has 3 heterocycles. The molecule has 0 atom stereocenters. The number of para-hydroxylation sites is 4. The van der Waals surface area contributed by atoms with Crippen molar-refractivity contribution in [2.75, 3.05) is 4.90 Å². The number of anilines is 3. The Balaban J connectivity index is 1.06. The molecule has 0 spiro atoms. The third-order valence-corrected chi connectivity index (χ3v) is 18.4. The Morgan fingerprint density at radius 1 is 0.281 bits per heavy atom. The van der Waals surface area contributed by atoms with E-state index in [1.54, 1.807) is 0 Å². The van der Waals surface area contributed by atoms with Gasteiger partial charge < -0.3 is 13.9 Å². The molecule has 0 aliphatic rings. The van der Waals surface area contributed by atoms with Crippen LogP contribution in [0.2, 0.25) is 0 Å². The van der Waals surface area contributed by atoms with Crippen LogP contribution in [0.15, 0.2) is 249 Å². The molecule has 13 aromatic rings. The molecule has 0 amide bonds. The van der Waals surface area contributed by atoms with Crippen molar-refractivity contribution in [3.8, 4) is 5.69 Å². The van der Waals surface area contributed by atoms with E-state index >= 15 is 0 Å². The van der Waals surface area contributed by atoms with Crippen molar-refractivity contribution in [3.63, 3.8) is 0 Å². The second-order valence-electron chi connectivity index (χ2n) is 16.9. The summed E-state index contributed by atoms with van der Waals surface area (Å²) in [5.74, 6) is 0. The minimum Gasteiger partial charge on any atom is -0.310 e. The SMILES string of the molecule is c1ccc(-n2c3ccccc3c3cc(N(c4ccc([Si](c5ccccc5)(c5ccccc5)c5ccccc5)cc4)c4ccc5c6cccc7c8ccccc8n(c5c4)c76)ccc32)cc1. The van der Waals surface area contributed by atoms with E-state index in [0.29, 0.717) is 0 Å². The molecule has 0 bridgehead atoms. The zero-order valence-electron chi connectivity index (χ0n) is 35.0. The van der Waals surface area contributed by atoms with Gasteiger partial charge in [0.25, 0.3) is 0 Å². The maximum Gasteiger partial charge on any atom is 0.179 e. The van der Waals surface area contributed by atoms with Crippen LogP contribution in [0.5, 0.6) is 0 Å². The van der Waals surface area contributed by atoms with E-state index in [4.69, 9.17) is 0 Å². The average molecular weight is 832 g/mol. The van der Waals surface area contributed by atoms with E-state index in [0.717, 1.165) is 22.7 Å². The van der Waals surface area contributed by atoms with E-state index in [-0.39, 0.29) is 0 Å². The summed E-state index contributed by atoms with van der Waals surface area (Å²) >= 11 is 0. The standard InChI is InChI=1S/C60H41N3Si/c1-5-18-42(19-6-1)62-56-30-15-14-27-51(56)55-40-44(35-39-58(55)62)61(45-34-38-52-54-29-17-28-53-50-26-13-16-31-57(50)63(60(53)54)59(52)41-45)43-32-36-49(37-33-43)64(46-20-7-2-8-21-46,47-22-9-3-10-23-47)48-24-11-4-12-25-48/h1-41H. The molecule has 10 aromatic carbocycles. The maximum absolute atomic E-state index is 2.73. The van der Waals surface area contributed by atoms with Gasteiger partial charge in [-0.25, -0.2) is 0 Å². The lowest BCUT2D eigenvalue weighted by molar-refractivity contribution is 1.18. The normalized spacial score (nSPS) is 12.1. The number of hydrogen-bond acceptors (Lipinski definition) is 1. The van der Waals surface area contributed by atoms with Crippen LogP contribution < -0.4 is 25.6 Å². The van der Waals surface area contributed by atoms with Gasteiger partial charge in [0.05, 0.1) is 27.6 Å². The topological polar surface area (TPSA) is 12.6 Å². The zero-order chi connectivity index (χ0) is 42.2. The molecule has 3 aromatic heterocycles. The molecule has 4 heteroatoms. The number of hydrogen-bond donors (Lipinski definition) is 0. The Morgan fingerprint density at radius 3 is 1.34 bits per heavy atom. The smallest absolute Gasteiger partial charge is 0.179 e. The van der Waals surface area contributed by atoms with Gasteiger partial charge in [0.1, 0.15) is 0 Å². The highest BCUT2D eigenvalue weighted by Gasteiger charge is 2.41. The Hall–Kier alpha value is -8.18. The highest BCUT2D eigenvalue weighted by Crippen LogP contribution is 2.44. The molecule has 0 unspecified atom stereocenters. The summed E-state index contributed by atoms with van der Waals surface area (Å²) in [4.78, 5) is 2.46. The maximum atomic E-state index is 2.48. The summed E-state index contributed by atoms with van der Waals surface area (Å²) in [6.07, 6.45) is 0. The van der Waals surface area contributed by atoms with Gasteiger partial charge in [-0.1, -0.05) is 182 Å². The van der Waals surface area contributed by atoms with E-state index < -0.39 is 8.07 Å². The van der Waals surface area contributed by atoms with E-state index in [9.17, 15) is 0 Å². The van der Waals surface area contributed by atoms with Gasteiger partial charge in [0, 0.05) is 55.1 Å². The van der Waals surface area contributed by atoms with Crippen LogP contribution >= 0.6 is 0 Å². The first-order valence-electron chi connectivity index (χ1n) is 22.1. The molecule has 0 fully saturated rings. The van der Waals surface area contributed by atoms with E-state index in [1.807, 2.05) is 0 Å². The molecule has 13 rings (SSSR count). The van der Waals surface area contributed by atoms with Gasteiger partial charge in [-0.05, 0) is 87.5 Å². The van der Waals surface area contributed by atoms with Gasteiger partial charge in [0.15, 0.2) is 8.07 Å². The lowest BCUT2D eigenvalue weighted by Gasteiger charge is -2.35. The summed E-state index contributed by atoms with van der Waals surface area (Å²) in [5.41, 5.74) is 10.6. The molecular formula is C60H41N3Si. The van der Waals surface area contributed by atoms with Crippen molar-refractivity contribution in [1.29, 1.82) is 0 Å². The fourth-order valence-electron chi connectivity index (χ4n) is 10.9. The predicted molar refractivity (Wildman–Crippen MR) is 274 cm³/mol. The van der Waals surface area contributed by atoms with Crippen molar-refractivity contribution in [2.24, 2.45) is 0 Å². The van der Waals surface area contributed by atoms with Crippen LogP contribution in [0, 0.1) is 0 Å². The second kappa shape index (κ2) is 14.5. The van der Waals surface area contributed by atoms with Crippen LogP contribution in [0.25, 0.3) is 65.6 Å². The van der Waals surface area contributed by atoms with Crippen LogP contribution in [0.4, 0.5) is 17.1 Å². The first-order chi connectivity index (χ1) is 31.8. The van der Waals surface area contributed by atoms with Gasteiger partial charge in [-0.15, -0.1) is 0 Å². The van der Waals surface area contributed by atoms with Crippen molar-refractivity contribution in [3.05, 3.63) is 249 Å². The summed E-state index contributed by atoms with van der Waals surface area (Å²) in [5, 5.41) is 13.0. The van der Waals surface area contributed by atoms with Crippen molar-refractivity contribution in [1.82, 2.24) is 8.97 Å². The molecule has 0 radical (unpaired) electrons. The number of aromatic nitrogens is 2. The van der Waals surface area contributed by atoms with Crippen LogP contribution in [-0.4, -0.2) is 17.0 Å². The minimum absolute atomic E-state index is 1.10. The van der Waals surface area contributed by atoms with E-state index in [1.165, 1.54) is 80.6 Å². The number of rotatable bonds is 8. The van der Waals surface area contributed by atoms with E-state index in [2.05, 4.69) is 263 Å². The first kappa shape index (κ1) is 36.5. The third-order valence-electron chi connectivity index (χ3n) is 13.6. The van der Waals surface area contributed by atoms with Gasteiger partial charge in [-0.3, -0.25) is 0 Å². The van der Waals surface area contributed by atoms with Crippen LogP contribution in [-0.2, 0) is 0 Å². The summed E-state index contributed by atoms with van der Waals surface area (Å²) < 4.78 is 4.87. The van der Waals surface area contributed by atoms with Gasteiger partial charge in [-0.2, -0.15) is 0 Å². The Morgan fingerprint density at radius 2 is 0.719 bits per heavy atom. The average Bonchev–Trinajstić information content (AvgIpc) is 4.01. The summed E-state index contributed by atoms with van der Waals surface area (Å²) in [6.45, 7) is 0. The molecule has 64 heavy (non-hydrogen) atoms. The quantitative estimate of drug-likeness (QED) is 0.110. The van der Waals surface area contributed by atoms with Gasteiger partial charge >= 0.3 is 0 Å². The van der Waals surface area contributed by atoms with Crippen molar-refractivity contribution >= 4 is 106 Å². The fourth-order valence-corrected chi connectivity index (χ4v) is 15.6. The Kier molecular flexibility index (Phi) is 8.23. The molecule has 3 nitrogen and oxygen atoms in total.